The van der Waals surface area contributed by atoms with Gasteiger partial charge in [-0.3, -0.25) is 0 Å². The van der Waals surface area contributed by atoms with Crippen LogP contribution in [0.4, 0.5) is 0 Å². The van der Waals surface area contributed by atoms with Gasteiger partial charge in [0.15, 0.2) is 0 Å². The van der Waals surface area contributed by atoms with Gasteiger partial charge in [0.1, 0.15) is 0 Å². The van der Waals surface area contributed by atoms with E-state index in [9.17, 15) is 0 Å². The molecule has 4 fully saturated rings. The Bertz CT molecular complexity index is 392. The third-order valence-electron chi connectivity index (χ3n) is 9.74. The average Bonchev–Trinajstić information content (AvgIpc) is 2.87. The molecule has 23 heavy (non-hydrogen) atoms. The molecule has 0 aliphatic heterocycles. The van der Waals surface area contributed by atoms with Crippen LogP contribution in [0.3, 0.4) is 0 Å². The van der Waals surface area contributed by atoms with Gasteiger partial charge in [-0.05, 0) is 78.9 Å². The second-order valence-electron chi connectivity index (χ2n) is 10.4. The van der Waals surface area contributed by atoms with E-state index in [0.29, 0.717) is 10.8 Å². The molecule has 0 saturated heterocycles. The molecule has 4 aliphatic rings. The molecule has 0 heteroatoms. The molecule has 4 aliphatic carbocycles. The van der Waals surface area contributed by atoms with Crippen molar-refractivity contribution in [2.75, 3.05) is 0 Å². The molecule has 4 rings (SSSR count). The molecule has 0 spiro atoms. The molecule has 0 aromatic heterocycles. The highest BCUT2D eigenvalue weighted by Gasteiger charge is 2.63. The van der Waals surface area contributed by atoms with Gasteiger partial charge >= 0.3 is 0 Å². The molecule has 0 bridgehead atoms. The van der Waals surface area contributed by atoms with E-state index < -0.39 is 0 Å². The van der Waals surface area contributed by atoms with E-state index in [0.717, 1.165) is 29.6 Å². The lowest BCUT2D eigenvalue weighted by Gasteiger charge is -2.56. The topological polar surface area (TPSA) is 0 Å². The highest BCUT2D eigenvalue weighted by atomic mass is 14.7. The minimum atomic E-state index is 0.560. The maximum absolute atomic E-state index is 2.79. The molecule has 0 aromatic carbocycles. The summed E-state index contributed by atoms with van der Waals surface area (Å²) in [6.45, 7) is 8.22. The van der Waals surface area contributed by atoms with Crippen LogP contribution >= 0.6 is 0 Å². The van der Waals surface area contributed by atoms with Gasteiger partial charge in [0.2, 0.25) is 0 Å². The Kier molecular flexibility index (Phi) is 4.34. The van der Waals surface area contributed by atoms with E-state index in [4.69, 9.17) is 0 Å². The molecule has 0 aromatic rings. The van der Waals surface area contributed by atoms with Crippen LogP contribution in [0, 0.1) is 40.4 Å². The van der Waals surface area contributed by atoms with Crippen LogP contribution in [-0.4, -0.2) is 0 Å². The number of hydrogen-bond donors (Lipinski definition) is 0. The van der Waals surface area contributed by atoms with E-state index in [1.807, 2.05) is 0 Å². The second kappa shape index (κ2) is 6.06. The van der Waals surface area contributed by atoms with Crippen molar-refractivity contribution in [3.8, 4) is 0 Å². The Morgan fingerprint density at radius 2 is 1.04 bits per heavy atom. The first kappa shape index (κ1) is 16.5. The van der Waals surface area contributed by atoms with Crippen LogP contribution in [-0.2, 0) is 0 Å². The predicted molar refractivity (Wildman–Crippen MR) is 99.4 cm³/mol. The SMILES string of the molecule is CC(C)(C1CCCCC1)C1(C)C2CCCCC2C2CCCCC21. The van der Waals surface area contributed by atoms with Gasteiger partial charge in [-0.2, -0.15) is 0 Å². The fraction of sp³-hybridized carbons (Fsp3) is 1.00. The molecule has 132 valence electrons. The Hall–Kier alpha value is 0. The smallest absolute Gasteiger partial charge is 0.0210 e. The zero-order valence-corrected chi connectivity index (χ0v) is 16.1. The molecule has 0 amide bonds. The van der Waals surface area contributed by atoms with Crippen molar-refractivity contribution in [3.63, 3.8) is 0 Å². The van der Waals surface area contributed by atoms with Crippen LogP contribution < -0.4 is 0 Å². The second-order valence-corrected chi connectivity index (χ2v) is 10.4. The van der Waals surface area contributed by atoms with Crippen LogP contribution in [0.2, 0.25) is 0 Å². The lowest BCUT2D eigenvalue weighted by molar-refractivity contribution is -0.0744. The third-order valence-corrected chi connectivity index (χ3v) is 9.74. The molecule has 4 saturated carbocycles. The quantitative estimate of drug-likeness (QED) is 0.504. The minimum absolute atomic E-state index is 0.560. The third kappa shape index (κ3) is 2.36. The van der Waals surface area contributed by atoms with Crippen molar-refractivity contribution >= 4 is 0 Å². The van der Waals surface area contributed by atoms with E-state index >= 15 is 0 Å². The van der Waals surface area contributed by atoms with Gasteiger partial charge in [0, 0.05) is 0 Å². The summed E-state index contributed by atoms with van der Waals surface area (Å²) in [5.41, 5.74) is 1.19. The Balaban J connectivity index is 1.70. The van der Waals surface area contributed by atoms with Crippen molar-refractivity contribution in [2.45, 2.75) is 104 Å². The van der Waals surface area contributed by atoms with Gasteiger partial charge in [0.25, 0.3) is 0 Å². The van der Waals surface area contributed by atoms with Crippen molar-refractivity contribution in [2.24, 2.45) is 40.4 Å². The summed E-state index contributed by atoms with van der Waals surface area (Å²) in [6.07, 6.45) is 19.9. The zero-order chi connectivity index (χ0) is 16.1. The highest BCUT2D eigenvalue weighted by Crippen LogP contribution is 2.70. The molecule has 0 radical (unpaired) electrons. The van der Waals surface area contributed by atoms with Gasteiger partial charge in [0.05, 0.1) is 0 Å². The lowest BCUT2D eigenvalue weighted by atomic mass is 9.49. The number of fused-ring (bicyclic) bond motifs is 3. The summed E-state index contributed by atoms with van der Waals surface area (Å²) >= 11 is 0. The summed E-state index contributed by atoms with van der Waals surface area (Å²) in [5, 5.41) is 0. The molecular formula is C23H40. The Morgan fingerprint density at radius 3 is 1.57 bits per heavy atom. The molecule has 0 nitrogen and oxygen atoms in total. The van der Waals surface area contributed by atoms with Gasteiger partial charge < -0.3 is 0 Å². The largest absolute Gasteiger partial charge is 0.0591 e. The summed E-state index contributed by atoms with van der Waals surface area (Å²) in [6, 6.07) is 0. The van der Waals surface area contributed by atoms with E-state index in [2.05, 4.69) is 20.8 Å². The molecule has 0 N–H and O–H groups in total. The van der Waals surface area contributed by atoms with Gasteiger partial charge in [-0.1, -0.05) is 65.7 Å². The van der Waals surface area contributed by atoms with E-state index in [-0.39, 0.29) is 0 Å². The summed E-state index contributed by atoms with van der Waals surface area (Å²) in [7, 11) is 0. The number of rotatable bonds is 2. The highest BCUT2D eigenvalue weighted by molar-refractivity contribution is 5.12. The molecule has 0 heterocycles. The summed E-state index contributed by atoms with van der Waals surface area (Å²) < 4.78 is 0. The maximum atomic E-state index is 2.79. The van der Waals surface area contributed by atoms with E-state index in [1.165, 1.54) is 57.8 Å². The minimum Gasteiger partial charge on any atom is -0.0591 e. The van der Waals surface area contributed by atoms with Crippen molar-refractivity contribution in [1.29, 1.82) is 0 Å². The maximum Gasteiger partial charge on any atom is -0.0210 e. The Labute approximate surface area is 145 Å². The fourth-order valence-corrected chi connectivity index (χ4v) is 8.33. The summed E-state index contributed by atoms with van der Waals surface area (Å²) in [5.74, 6) is 5.32. The van der Waals surface area contributed by atoms with Crippen molar-refractivity contribution in [1.82, 2.24) is 0 Å². The molecule has 4 unspecified atom stereocenters. The summed E-state index contributed by atoms with van der Waals surface area (Å²) in [4.78, 5) is 0. The first-order valence-corrected chi connectivity index (χ1v) is 11.1. The lowest BCUT2D eigenvalue weighted by Crippen LogP contribution is -2.49. The van der Waals surface area contributed by atoms with Gasteiger partial charge in [-0.25, -0.2) is 0 Å². The molecular weight excluding hydrogens is 276 g/mol. The zero-order valence-electron chi connectivity index (χ0n) is 16.1. The van der Waals surface area contributed by atoms with Crippen LogP contribution in [0.25, 0.3) is 0 Å². The standard InChI is InChI=1S/C23H40/c1-22(2,17-11-5-4-6-12-17)23(3)20-15-9-7-13-18(20)19-14-8-10-16-21(19)23/h17-21H,4-16H2,1-3H3. The normalized spacial score (nSPS) is 45.5. The predicted octanol–water partition coefficient (Wildman–Crippen LogP) is 7.23. The fourth-order valence-electron chi connectivity index (χ4n) is 8.33. The average molecular weight is 317 g/mol. The van der Waals surface area contributed by atoms with Crippen LogP contribution in [0.15, 0.2) is 0 Å². The number of hydrogen-bond acceptors (Lipinski definition) is 0. The van der Waals surface area contributed by atoms with Crippen LogP contribution in [0.5, 0.6) is 0 Å². The van der Waals surface area contributed by atoms with Crippen LogP contribution in [0.1, 0.15) is 104 Å². The van der Waals surface area contributed by atoms with E-state index in [1.54, 1.807) is 25.7 Å². The van der Waals surface area contributed by atoms with Gasteiger partial charge in [-0.15, -0.1) is 0 Å². The van der Waals surface area contributed by atoms with Crippen molar-refractivity contribution in [3.05, 3.63) is 0 Å². The first-order chi connectivity index (χ1) is 11.1. The first-order valence-electron chi connectivity index (χ1n) is 11.1. The monoisotopic (exact) mass is 316 g/mol. The Morgan fingerprint density at radius 1 is 0.609 bits per heavy atom. The molecule has 4 atom stereocenters. The van der Waals surface area contributed by atoms with Crippen molar-refractivity contribution < 1.29 is 0 Å².